The third kappa shape index (κ3) is 5.09. The van der Waals surface area contributed by atoms with Gasteiger partial charge in [-0.15, -0.1) is 0 Å². The Bertz CT molecular complexity index is 1410. The predicted molar refractivity (Wildman–Crippen MR) is 137 cm³/mol. The summed E-state index contributed by atoms with van der Waals surface area (Å²) in [6.45, 7) is 4.46. The zero-order valence-corrected chi connectivity index (χ0v) is 21.0. The van der Waals surface area contributed by atoms with Crippen LogP contribution in [0.25, 0.3) is 0 Å². The smallest absolute Gasteiger partial charge is 0.291 e. The zero-order valence-electron chi connectivity index (χ0n) is 19.5. The molecule has 0 saturated heterocycles. The van der Waals surface area contributed by atoms with Gasteiger partial charge < -0.3 is 14.5 Å². The van der Waals surface area contributed by atoms with Gasteiger partial charge in [-0.2, -0.15) is 5.10 Å². The highest BCUT2D eigenvalue weighted by Crippen LogP contribution is 2.28. The van der Waals surface area contributed by atoms with Gasteiger partial charge in [0.05, 0.1) is 23.6 Å². The summed E-state index contributed by atoms with van der Waals surface area (Å²) in [5.41, 5.74) is 5.80. The molecule has 0 radical (unpaired) electrons. The van der Waals surface area contributed by atoms with Crippen LogP contribution in [0.3, 0.4) is 0 Å². The van der Waals surface area contributed by atoms with Crippen LogP contribution in [-0.2, 0) is 26.0 Å². The van der Waals surface area contributed by atoms with Crippen molar-refractivity contribution in [3.8, 4) is 5.75 Å². The van der Waals surface area contributed by atoms with E-state index in [1.54, 1.807) is 28.9 Å². The molecule has 1 aliphatic carbocycles. The van der Waals surface area contributed by atoms with Gasteiger partial charge in [0.1, 0.15) is 18.1 Å². The first kappa shape index (κ1) is 23.5. The molecule has 2 aromatic carbocycles. The fourth-order valence-electron chi connectivity index (χ4n) is 4.39. The van der Waals surface area contributed by atoms with Crippen molar-refractivity contribution in [2.75, 3.05) is 5.32 Å². The fourth-order valence-corrected chi connectivity index (χ4v) is 4.86. The van der Waals surface area contributed by atoms with Gasteiger partial charge in [0, 0.05) is 10.0 Å². The summed E-state index contributed by atoms with van der Waals surface area (Å²) in [4.78, 5) is 12.9. The Morgan fingerprint density at radius 1 is 1.09 bits per heavy atom. The van der Waals surface area contributed by atoms with E-state index >= 15 is 0 Å². The SMILES string of the molecule is Cc1nn(Cc2ccc(Cl)cc2Cl)c(C)c1NC(=O)c1ccc(COc2ccc3c(c2)CCC3)o1. The number of rotatable bonds is 7. The van der Waals surface area contributed by atoms with E-state index in [9.17, 15) is 4.79 Å². The highest BCUT2D eigenvalue weighted by atomic mass is 35.5. The van der Waals surface area contributed by atoms with Gasteiger partial charge in [-0.3, -0.25) is 9.48 Å². The number of amides is 1. The van der Waals surface area contributed by atoms with Crippen molar-refractivity contribution >= 4 is 34.8 Å². The molecule has 2 heterocycles. The Morgan fingerprint density at radius 2 is 1.91 bits per heavy atom. The van der Waals surface area contributed by atoms with Crippen LogP contribution in [0.1, 0.15) is 50.8 Å². The number of ether oxygens (including phenoxy) is 1. The molecule has 1 N–H and O–H groups in total. The topological polar surface area (TPSA) is 69.3 Å². The minimum absolute atomic E-state index is 0.213. The minimum Gasteiger partial charge on any atom is -0.486 e. The zero-order chi connectivity index (χ0) is 24.5. The highest BCUT2D eigenvalue weighted by Gasteiger charge is 2.19. The Kier molecular flexibility index (Phi) is 6.58. The summed E-state index contributed by atoms with van der Waals surface area (Å²) < 4.78 is 13.4. The first-order valence-electron chi connectivity index (χ1n) is 11.5. The number of carbonyl (C=O) groups excluding carboxylic acids is 1. The summed E-state index contributed by atoms with van der Waals surface area (Å²) >= 11 is 12.3. The molecule has 8 heteroatoms. The molecular weight excluding hydrogens is 485 g/mol. The maximum Gasteiger partial charge on any atom is 0.291 e. The van der Waals surface area contributed by atoms with Gasteiger partial charge >= 0.3 is 0 Å². The minimum atomic E-state index is -0.343. The molecule has 180 valence electrons. The van der Waals surface area contributed by atoms with Gasteiger partial charge in [-0.1, -0.05) is 35.3 Å². The summed E-state index contributed by atoms with van der Waals surface area (Å²) in [7, 11) is 0. The molecule has 0 aliphatic heterocycles. The number of nitrogens with zero attached hydrogens (tertiary/aromatic N) is 2. The van der Waals surface area contributed by atoms with Crippen LogP contribution < -0.4 is 10.1 Å². The summed E-state index contributed by atoms with van der Waals surface area (Å²) in [6.07, 6.45) is 3.43. The lowest BCUT2D eigenvalue weighted by Crippen LogP contribution is -2.12. The van der Waals surface area contributed by atoms with E-state index in [1.165, 1.54) is 17.5 Å². The quantitative estimate of drug-likeness (QED) is 0.298. The van der Waals surface area contributed by atoms with Gasteiger partial charge in [0.2, 0.25) is 0 Å². The molecule has 0 fully saturated rings. The molecule has 35 heavy (non-hydrogen) atoms. The number of furan rings is 1. The van der Waals surface area contributed by atoms with Crippen LogP contribution in [0.4, 0.5) is 5.69 Å². The lowest BCUT2D eigenvalue weighted by atomic mass is 10.1. The van der Waals surface area contributed by atoms with Crippen LogP contribution in [0.15, 0.2) is 52.9 Å². The number of hydrogen-bond acceptors (Lipinski definition) is 4. The Morgan fingerprint density at radius 3 is 2.74 bits per heavy atom. The standard InChI is InChI=1S/C27H25Cl2N3O3/c1-16-26(17(2)32(31-16)14-20-6-8-21(28)13-24(20)29)30-27(33)25-11-10-23(35-25)15-34-22-9-7-18-4-3-5-19(18)12-22/h6-13H,3-5,14-15H2,1-2H3,(H,30,33). The largest absolute Gasteiger partial charge is 0.486 e. The fraction of sp³-hybridized carbons (Fsp3) is 0.259. The van der Waals surface area contributed by atoms with Crippen molar-refractivity contribution in [2.24, 2.45) is 0 Å². The van der Waals surface area contributed by atoms with Crippen LogP contribution in [0, 0.1) is 13.8 Å². The van der Waals surface area contributed by atoms with E-state index in [0.717, 1.165) is 29.8 Å². The second kappa shape index (κ2) is 9.80. The third-order valence-corrected chi connectivity index (χ3v) is 6.88. The van der Waals surface area contributed by atoms with Crippen LogP contribution in [0.2, 0.25) is 10.0 Å². The van der Waals surface area contributed by atoms with Gasteiger partial charge in [-0.25, -0.2) is 0 Å². The average molecular weight is 510 g/mol. The van der Waals surface area contributed by atoms with E-state index in [4.69, 9.17) is 32.4 Å². The van der Waals surface area contributed by atoms with E-state index in [-0.39, 0.29) is 18.3 Å². The number of hydrogen-bond donors (Lipinski definition) is 1. The van der Waals surface area contributed by atoms with E-state index in [0.29, 0.717) is 33.7 Å². The molecule has 0 spiro atoms. The summed E-state index contributed by atoms with van der Waals surface area (Å²) in [6, 6.07) is 15.0. The number of carbonyl (C=O) groups is 1. The molecule has 0 atom stereocenters. The third-order valence-electron chi connectivity index (χ3n) is 6.29. The van der Waals surface area contributed by atoms with Crippen molar-refractivity contribution in [1.29, 1.82) is 0 Å². The summed E-state index contributed by atoms with van der Waals surface area (Å²) in [5.74, 6) is 1.26. The Labute approximate surface area is 213 Å². The van der Waals surface area contributed by atoms with Crippen molar-refractivity contribution in [3.63, 3.8) is 0 Å². The number of benzene rings is 2. The molecule has 5 rings (SSSR count). The van der Waals surface area contributed by atoms with Crippen molar-refractivity contribution in [2.45, 2.75) is 46.3 Å². The highest BCUT2D eigenvalue weighted by molar-refractivity contribution is 6.35. The van der Waals surface area contributed by atoms with Gasteiger partial charge in [0.25, 0.3) is 5.91 Å². The summed E-state index contributed by atoms with van der Waals surface area (Å²) in [5, 5.41) is 8.65. The van der Waals surface area contributed by atoms with Crippen LogP contribution in [-0.4, -0.2) is 15.7 Å². The first-order chi connectivity index (χ1) is 16.9. The van der Waals surface area contributed by atoms with Gasteiger partial charge in [-0.05, 0) is 86.2 Å². The van der Waals surface area contributed by atoms with Gasteiger partial charge in [0.15, 0.2) is 5.76 Å². The second-order valence-corrected chi connectivity index (χ2v) is 9.58. The monoisotopic (exact) mass is 509 g/mol. The number of fused-ring (bicyclic) bond motifs is 1. The molecular formula is C27H25Cl2N3O3. The normalized spacial score (nSPS) is 12.6. The number of anilines is 1. The lowest BCUT2D eigenvalue weighted by molar-refractivity contribution is 0.0992. The Balaban J connectivity index is 1.24. The maximum absolute atomic E-state index is 12.9. The van der Waals surface area contributed by atoms with Crippen LogP contribution in [0.5, 0.6) is 5.75 Å². The number of halogens is 2. The molecule has 6 nitrogen and oxygen atoms in total. The molecule has 2 aromatic heterocycles. The van der Waals surface area contributed by atoms with E-state index in [2.05, 4.69) is 22.5 Å². The maximum atomic E-state index is 12.9. The van der Waals surface area contributed by atoms with Crippen LogP contribution >= 0.6 is 23.2 Å². The molecule has 4 aromatic rings. The Hall–Kier alpha value is -3.22. The van der Waals surface area contributed by atoms with E-state index < -0.39 is 0 Å². The average Bonchev–Trinajstić information content (AvgIpc) is 3.55. The van der Waals surface area contributed by atoms with Crippen molar-refractivity contribution in [1.82, 2.24) is 9.78 Å². The molecule has 1 aliphatic rings. The molecule has 0 saturated carbocycles. The first-order valence-corrected chi connectivity index (χ1v) is 12.3. The van der Waals surface area contributed by atoms with E-state index in [1.807, 2.05) is 26.0 Å². The van der Waals surface area contributed by atoms with Crippen molar-refractivity contribution in [3.05, 3.63) is 98.2 Å². The molecule has 1 amide bonds. The molecule has 0 bridgehead atoms. The van der Waals surface area contributed by atoms with Crippen molar-refractivity contribution < 1.29 is 13.9 Å². The lowest BCUT2D eigenvalue weighted by Gasteiger charge is -2.08. The number of nitrogens with one attached hydrogen (secondary N) is 1. The second-order valence-electron chi connectivity index (χ2n) is 8.73. The molecule has 0 unspecified atom stereocenters. The number of aryl methyl sites for hydroxylation is 3. The number of aromatic nitrogens is 2. The predicted octanol–water partition coefficient (Wildman–Crippen LogP) is 6.77.